The lowest BCUT2D eigenvalue weighted by atomic mass is 10.00. The average Bonchev–Trinajstić information content (AvgIpc) is 2.07. The van der Waals surface area contributed by atoms with Crippen LogP contribution in [0, 0.1) is 5.82 Å². The van der Waals surface area contributed by atoms with E-state index in [1.165, 1.54) is 12.1 Å². The first-order valence-corrected chi connectivity index (χ1v) is 5.23. The van der Waals surface area contributed by atoms with Crippen molar-refractivity contribution in [3.8, 4) is 5.75 Å². The third-order valence-corrected chi connectivity index (χ3v) is 2.87. The van der Waals surface area contributed by atoms with Crippen LogP contribution in [0.1, 0.15) is 6.92 Å². The van der Waals surface area contributed by atoms with Gasteiger partial charge in [-0.25, -0.2) is 4.39 Å². The monoisotopic (exact) mass is 259 g/mol. The summed E-state index contributed by atoms with van der Waals surface area (Å²) in [7, 11) is 0. The highest BCUT2D eigenvalue weighted by atomic mass is 79.9. The fourth-order valence-corrected chi connectivity index (χ4v) is 1.80. The number of hydrogen-bond donors (Lipinski definition) is 1. The minimum absolute atomic E-state index is 0.152. The molecule has 0 saturated carbocycles. The van der Waals surface area contributed by atoms with Crippen LogP contribution < -0.4 is 10.1 Å². The summed E-state index contributed by atoms with van der Waals surface area (Å²) in [6.07, 6.45) is 0. The Labute approximate surface area is 90.6 Å². The van der Waals surface area contributed by atoms with Gasteiger partial charge in [0.15, 0.2) is 0 Å². The molecule has 1 aromatic rings. The summed E-state index contributed by atoms with van der Waals surface area (Å²) >= 11 is 3.27. The third kappa shape index (κ3) is 1.91. The van der Waals surface area contributed by atoms with E-state index in [9.17, 15) is 4.39 Å². The Bertz CT molecular complexity index is 352. The molecule has 76 valence electrons. The molecular weight excluding hydrogens is 249 g/mol. The Balaban J connectivity index is 2.16. The highest BCUT2D eigenvalue weighted by Gasteiger charge is 2.34. The van der Waals surface area contributed by atoms with E-state index in [0.29, 0.717) is 10.2 Å². The van der Waals surface area contributed by atoms with Gasteiger partial charge in [0.1, 0.15) is 17.2 Å². The molecule has 14 heavy (non-hydrogen) atoms. The van der Waals surface area contributed by atoms with Gasteiger partial charge in [0.2, 0.25) is 0 Å². The minimum Gasteiger partial charge on any atom is -0.484 e. The highest BCUT2D eigenvalue weighted by Crippen LogP contribution is 2.30. The van der Waals surface area contributed by atoms with Crippen molar-refractivity contribution >= 4 is 15.9 Å². The molecule has 1 aliphatic rings. The Morgan fingerprint density at radius 3 is 2.71 bits per heavy atom. The molecule has 0 spiro atoms. The van der Waals surface area contributed by atoms with Crippen molar-refractivity contribution in [2.75, 3.05) is 13.1 Å². The number of benzene rings is 1. The first-order valence-electron chi connectivity index (χ1n) is 4.44. The van der Waals surface area contributed by atoms with Crippen molar-refractivity contribution in [3.63, 3.8) is 0 Å². The summed E-state index contributed by atoms with van der Waals surface area (Å²) in [6.45, 7) is 3.69. The van der Waals surface area contributed by atoms with Crippen LogP contribution >= 0.6 is 15.9 Å². The molecule has 1 N–H and O–H groups in total. The van der Waals surface area contributed by atoms with E-state index >= 15 is 0 Å². The van der Waals surface area contributed by atoms with Crippen molar-refractivity contribution in [2.45, 2.75) is 12.5 Å². The van der Waals surface area contributed by atoms with Crippen LogP contribution in [0.5, 0.6) is 5.75 Å². The van der Waals surface area contributed by atoms with E-state index in [1.807, 2.05) is 6.92 Å². The molecule has 1 fully saturated rings. The van der Waals surface area contributed by atoms with Crippen molar-refractivity contribution < 1.29 is 9.13 Å². The van der Waals surface area contributed by atoms with Crippen LogP contribution in [0.4, 0.5) is 4.39 Å². The van der Waals surface area contributed by atoms with E-state index in [2.05, 4.69) is 21.2 Å². The molecule has 1 aliphatic heterocycles. The molecule has 2 nitrogen and oxygen atoms in total. The molecule has 0 atom stereocenters. The lowest BCUT2D eigenvalue weighted by molar-refractivity contribution is 0.0341. The van der Waals surface area contributed by atoms with E-state index in [-0.39, 0.29) is 11.4 Å². The van der Waals surface area contributed by atoms with E-state index in [0.717, 1.165) is 13.1 Å². The van der Waals surface area contributed by atoms with Crippen LogP contribution in [-0.4, -0.2) is 18.7 Å². The second kappa shape index (κ2) is 3.51. The minimum atomic E-state index is -0.263. The number of nitrogens with one attached hydrogen (secondary N) is 1. The van der Waals surface area contributed by atoms with Crippen LogP contribution in [0.25, 0.3) is 0 Å². The fraction of sp³-hybridized carbons (Fsp3) is 0.400. The first kappa shape index (κ1) is 9.93. The van der Waals surface area contributed by atoms with Gasteiger partial charge in [-0.3, -0.25) is 0 Å². The molecule has 1 aromatic carbocycles. The lowest BCUT2D eigenvalue weighted by Crippen LogP contribution is -2.61. The normalized spacial score (nSPS) is 18.8. The zero-order valence-corrected chi connectivity index (χ0v) is 9.40. The molecule has 0 amide bonds. The Morgan fingerprint density at radius 1 is 1.50 bits per heavy atom. The van der Waals surface area contributed by atoms with Gasteiger partial charge in [-0.2, -0.15) is 0 Å². The predicted octanol–water partition coefficient (Wildman–Crippen LogP) is 2.33. The summed E-state index contributed by atoms with van der Waals surface area (Å²) in [5, 5.41) is 3.14. The average molecular weight is 260 g/mol. The van der Waals surface area contributed by atoms with E-state index < -0.39 is 0 Å². The van der Waals surface area contributed by atoms with E-state index in [1.54, 1.807) is 6.07 Å². The molecule has 1 heterocycles. The van der Waals surface area contributed by atoms with E-state index in [4.69, 9.17) is 4.74 Å². The maximum atomic E-state index is 12.8. The van der Waals surface area contributed by atoms with Crippen LogP contribution in [-0.2, 0) is 0 Å². The fourth-order valence-electron chi connectivity index (χ4n) is 1.37. The Morgan fingerprint density at radius 2 is 2.21 bits per heavy atom. The second-order valence-corrected chi connectivity index (χ2v) is 4.58. The third-order valence-electron chi connectivity index (χ3n) is 2.25. The molecule has 4 heteroatoms. The van der Waals surface area contributed by atoms with Gasteiger partial charge in [0, 0.05) is 13.1 Å². The molecule has 0 bridgehead atoms. The van der Waals surface area contributed by atoms with Gasteiger partial charge in [0.25, 0.3) is 0 Å². The second-order valence-electron chi connectivity index (χ2n) is 3.73. The van der Waals surface area contributed by atoms with Crippen LogP contribution in [0.15, 0.2) is 22.7 Å². The van der Waals surface area contributed by atoms with Crippen molar-refractivity contribution in [3.05, 3.63) is 28.5 Å². The van der Waals surface area contributed by atoms with Crippen LogP contribution in [0.3, 0.4) is 0 Å². The number of ether oxygens (including phenoxy) is 1. The van der Waals surface area contributed by atoms with Gasteiger partial charge in [0.05, 0.1) is 4.47 Å². The lowest BCUT2D eigenvalue weighted by Gasteiger charge is -2.39. The largest absolute Gasteiger partial charge is 0.484 e. The van der Waals surface area contributed by atoms with Crippen LogP contribution in [0.2, 0.25) is 0 Å². The summed E-state index contributed by atoms with van der Waals surface area (Å²) in [6, 6.07) is 4.45. The van der Waals surface area contributed by atoms with Gasteiger partial charge < -0.3 is 10.1 Å². The predicted molar refractivity (Wildman–Crippen MR) is 56.0 cm³/mol. The molecule has 0 unspecified atom stereocenters. The van der Waals surface area contributed by atoms with Crippen molar-refractivity contribution in [1.29, 1.82) is 0 Å². The van der Waals surface area contributed by atoms with Crippen molar-refractivity contribution in [1.82, 2.24) is 5.32 Å². The first-order chi connectivity index (χ1) is 6.59. The van der Waals surface area contributed by atoms with Gasteiger partial charge >= 0.3 is 0 Å². The van der Waals surface area contributed by atoms with Crippen molar-refractivity contribution in [2.24, 2.45) is 0 Å². The molecule has 1 saturated heterocycles. The zero-order valence-electron chi connectivity index (χ0n) is 7.81. The molecule has 0 aliphatic carbocycles. The quantitative estimate of drug-likeness (QED) is 0.881. The standard InChI is InChI=1S/C10H11BrFNO/c1-10(5-13-6-10)14-9-3-2-7(12)4-8(9)11/h2-4,13H,5-6H2,1H3. The smallest absolute Gasteiger partial charge is 0.134 e. The Kier molecular flexibility index (Phi) is 2.49. The SMILES string of the molecule is CC1(Oc2ccc(F)cc2Br)CNC1. The Hall–Kier alpha value is -0.610. The molecular formula is C10H11BrFNO. The van der Waals surface area contributed by atoms with Gasteiger partial charge in [-0.15, -0.1) is 0 Å². The van der Waals surface area contributed by atoms with Gasteiger partial charge in [-0.05, 0) is 41.1 Å². The highest BCUT2D eigenvalue weighted by molar-refractivity contribution is 9.10. The topological polar surface area (TPSA) is 21.3 Å². The number of hydrogen-bond acceptors (Lipinski definition) is 2. The molecule has 2 rings (SSSR count). The number of halogens is 2. The maximum absolute atomic E-state index is 12.8. The van der Waals surface area contributed by atoms with Gasteiger partial charge in [-0.1, -0.05) is 0 Å². The number of rotatable bonds is 2. The summed E-state index contributed by atoms with van der Waals surface area (Å²) in [4.78, 5) is 0. The summed E-state index contributed by atoms with van der Waals surface area (Å²) in [5.41, 5.74) is -0.152. The molecule has 0 aromatic heterocycles. The molecule has 0 radical (unpaired) electrons. The zero-order chi connectivity index (χ0) is 10.2. The maximum Gasteiger partial charge on any atom is 0.134 e. The summed E-state index contributed by atoms with van der Waals surface area (Å²) in [5.74, 6) is 0.427. The summed E-state index contributed by atoms with van der Waals surface area (Å²) < 4.78 is 19.2.